The van der Waals surface area contributed by atoms with Gasteiger partial charge >= 0.3 is 0 Å². The third-order valence-corrected chi connectivity index (χ3v) is 4.87. The maximum absolute atomic E-state index is 12.8. The fourth-order valence-corrected chi connectivity index (χ4v) is 3.10. The summed E-state index contributed by atoms with van der Waals surface area (Å²) >= 11 is 6.05. The Hall–Kier alpha value is -2.26. The minimum Gasteiger partial charge on any atom is -0.492 e. The van der Waals surface area contributed by atoms with Crippen molar-refractivity contribution in [3.05, 3.63) is 64.8 Å². The minimum absolute atomic E-state index is 0.154. The van der Waals surface area contributed by atoms with E-state index in [1.165, 1.54) is 0 Å². The first-order valence-corrected chi connectivity index (χ1v) is 9.17. The Bertz CT molecular complexity index is 950. The van der Waals surface area contributed by atoms with Crippen LogP contribution in [0.15, 0.2) is 48.7 Å². The van der Waals surface area contributed by atoms with Gasteiger partial charge in [0, 0.05) is 33.1 Å². The van der Waals surface area contributed by atoms with Crippen LogP contribution in [0, 0.1) is 12.3 Å². The highest BCUT2D eigenvalue weighted by Crippen LogP contribution is 2.28. The molecule has 1 aromatic heterocycles. The molecule has 3 rings (SSSR count). The number of ketones is 1. The Kier molecular flexibility index (Phi) is 5.10. The molecule has 0 aliphatic rings. The maximum atomic E-state index is 12.8. The largest absolute Gasteiger partial charge is 0.492 e. The molecule has 1 heterocycles. The summed E-state index contributed by atoms with van der Waals surface area (Å²) in [5.74, 6) is 0.955. The number of aromatic nitrogens is 1. The summed E-state index contributed by atoms with van der Waals surface area (Å²) in [5.41, 5.74) is 2.41. The number of hydrogen-bond donors (Lipinski definition) is 0. The van der Waals surface area contributed by atoms with Crippen LogP contribution in [0.4, 0.5) is 0 Å². The Morgan fingerprint density at radius 3 is 2.58 bits per heavy atom. The van der Waals surface area contributed by atoms with E-state index in [-0.39, 0.29) is 5.78 Å². The standard InChI is InChI=1S/C22H24ClNO2/c1-15-13-16(9-10-19(15)23)26-12-11-24-14-18(21(25)22(2,3)4)17-7-5-6-8-20(17)24/h5-10,13-14H,11-12H2,1-4H3. The highest BCUT2D eigenvalue weighted by Gasteiger charge is 2.26. The van der Waals surface area contributed by atoms with Crippen molar-refractivity contribution in [3.8, 4) is 5.75 Å². The fourth-order valence-electron chi connectivity index (χ4n) is 2.99. The molecule has 0 N–H and O–H groups in total. The molecule has 0 atom stereocenters. The van der Waals surface area contributed by atoms with E-state index in [0.717, 1.165) is 32.8 Å². The number of carbonyl (C=O) groups excluding carboxylic acids is 1. The molecule has 0 aliphatic carbocycles. The number of ether oxygens (including phenoxy) is 1. The van der Waals surface area contributed by atoms with Gasteiger partial charge in [-0.2, -0.15) is 0 Å². The lowest BCUT2D eigenvalue weighted by Gasteiger charge is -2.15. The highest BCUT2D eigenvalue weighted by molar-refractivity contribution is 6.31. The molecular formula is C22H24ClNO2. The van der Waals surface area contributed by atoms with Gasteiger partial charge in [0.15, 0.2) is 5.78 Å². The van der Waals surface area contributed by atoms with Crippen LogP contribution in [0.1, 0.15) is 36.7 Å². The number of aryl methyl sites for hydroxylation is 1. The monoisotopic (exact) mass is 369 g/mol. The van der Waals surface area contributed by atoms with E-state index in [9.17, 15) is 4.79 Å². The van der Waals surface area contributed by atoms with Gasteiger partial charge in [0.1, 0.15) is 12.4 Å². The quantitative estimate of drug-likeness (QED) is 0.523. The lowest BCUT2D eigenvalue weighted by Crippen LogP contribution is -2.20. The second-order valence-electron chi connectivity index (χ2n) is 7.59. The molecule has 0 amide bonds. The van der Waals surface area contributed by atoms with Crippen molar-refractivity contribution < 1.29 is 9.53 Å². The second kappa shape index (κ2) is 7.16. The summed E-state index contributed by atoms with van der Waals surface area (Å²) in [6.07, 6.45) is 1.95. The third-order valence-electron chi connectivity index (χ3n) is 4.44. The number of carbonyl (C=O) groups is 1. The van der Waals surface area contributed by atoms with Crippen LogP contribution in [0.25, 0.3) is 10.9 Å². The maximum Gasteiger partial charge on any atom is 0.170 e. The molecule has 3 aromatic rings. The molecule has 2 aromatic carbocycles. The molecule has 0 bridgehead atoms. The molecule has 0 saturated heterocycles. The lowest BCUT2D eigenvalue weighted by molar-refractivity contribution is 0.0860. The van der Waals surface area contributed by atoms with Crippen LogP contribution in [0.2, 0.25) is 5.02 Å². The molecule has 3 nitrogen and oxygen atoms in total. The van der Waals surface area contributed by atoms with E-state index >= 15 is 0 Å². The molecule has 136 valence electrons. The van der Waals surface area contributed by atoms with Gasteiger partial charge in [0.05, 0.1) is 6.54 Å². The van der Waals surface area contributed by atoms with E-state index in [0.29, 0.717) is 13.2 Å². The van der Waals surface area contributed by atoms with Gasteiger partial charge in [-0.25, -0.2) is 0 Å². The topological polar surface area (TPSA) is 31.2 Å². The average Bonchev–Trinajstić information content (AvgIpc) is 2.95. The van der Waals surface area contributed by atoms with Crippen LogP contribution in [0.5, 0.6) is 5.75 Å². The molecule has 0 fully saturated rings. The first-order chi connectivity index (χ1) is 12.3. The number of nitrogens with zero attached hydrogens (tertiary/aromatic N) is 1. The van der Waals surface area contributed by atoms with E-state index in [4.69, 9.17) is 16.3 Å². The van der Waals surface area contributed by atoms with Gasteiger partial charge in [-0.1, -0.05) is 50.6 Å². The van der Waals surface area contributed by atoms with Gasteiger partial charge in [0.2, 0.25) is 0 Å². The fraction of sp³-hybridized carbons (Fsp3) is 0.318. The Balaban J connectivity index is 1.82. The average molecular weight is 370 g/mol. The highest BCUT2D eigenvalue weighted by atomic mass is 35.5. The molecule has 0 radical (unpaired) electrons. The van der Waals surface area contributed by atoms with Crippen molar-refractivity contribution in [1.29, 1.82) is 0 Å². The molecule has 0 unspecified atom stereocenters. The van der Waals surface area contributed by atoms with E-state index in [2.05, 4.69) is 4.57 Å². The van der Waals surface area contributed by atoms with E-state index < -0.39 is 5.41 Å². The first kappa shape index (κ1) is 18.5. The van der Waals surface area contributed by atoms with Crippen LogP contribution in [-0.2, 0) is 6.54 Å². The van der Waals surface area contributed by atoms with Crippen molar-refractivity contribution >= 4 is 28.3 Å². The molecular weight excluding hydrogens is 346 g/mol. The van der Waals surface area contributed by atoms with Crippen LogP contribution in [-0.4, -0.2) is 17.0 Å². The first-order valence-electron chi connectivity index (χ1n) is 8.79. The van der Waals surface area contributed by atoms with E-state index in [1.54, 1.807) is 0 Å². The van der Waals surface area contributed by atoms with Crippen molar-refractivity contribution in [2.75, 3.05) is 6.61 Å². The van der Waals surface area contributed by atoms with Gasteiger partial charge in [0.25, 0.3) is 0 Å². The smallest absolute Gasteiger partial charge is 0.170 e. The molecule has 0 aliphatic heterocycles. The Labute approximate surface area is 159 Å². The number of hydrogen-bond acceptors (Lipinski definition) is 2. The van der Waals surface area contributed by atoms with Crippen LogP contribution in [0.3, 0.4) is 0 Å². The number of fused-ring (bicyclic) bond motifs is 1. The van der Waals surface area contributed by atoms with Crippen molar-refractivity contribution in [2.24, 2.45) is 5.41 Å². The number of benzene rings is 2. The lowest BCUT2D eigenvalue weighted by atomic mass is 9.86. The Morgan fingerprint density at radius 1 is 1.15 bits per heavy atom. The second-order valence-corrected chi connectivity index (χ2v) is 8.00. The molecule has 4 heteroatoms. The van der Waals surface area contributed by atoms with Crippen molar-refractivity contribution in [1.82, 2.24) is 4.57 Å². The number of para-hydroxylation sites is 1. The summed E-state index contributed by atoms with van der Waals surface area (Å²) in [5, 5.41) is 1.73. The zero-order chi connectivity index (χ0) is 18.9. The van der Waals surface area contributed by atoms with Gasteiger partial charge in [-0.15, -0.1) is 0 Å². The molecule has 0 saturated carbocycles. The van der Waals surface area contributed by atoms with Gasteiger partial charge < -0.3 is 9.30 Å². The predicted octanol–water partition coefficient (Wildman–Crippen LogP) is 5.91. The number of halogens is 1. The van der Waals surface area contributed by atoms with Crippen molar-refractivity contribution in [2.45, 2.75) is 34.2 Å². The van der Waals surface area contributed by atoms with Crippen LogP contribution >= 0.6 is 11.6 Å². The van der Waals surface area contributed by atoms with Gasteiger partial charge in [-0.05, 0) is 36.8 Å². The summed E-state index contributed by atoms with van der Waals surface area (Å²) < 4.78 is 7.96. The Morgan fingerprint density at radius 2 is 1.88 bits per heavy atom. The molecule has 26 heavy (non-hydrogen) atoms. The van der Waals surface area contributed by atoms with E-state index in [1.807, 2.05) is 76.4 Å². The molecule has 0 spiro atoms. The predicted molar refractivity (Wildman–Crippen MR) is 107 cm³/mol. The summed E-state index contributed by atoms with van der Waals surface area (Å²) in [6.45, 7) is 9.00. The summed E-state index contributed by atoms with van der Waals surface area (Å²) in [6, 6.07) is 13.7. The number of rotatable bonds is 5. The van der Waals surface area contributed by atoms with Crippen LogP contribution < -0.4 is 4.74 Å². The third kappa shape index (κ3) is 3.78. The minimum atomic E-state index is -0.410. The number of Topliss-reactive ketones (excluding diaryl/α,β-unsaturated/α-hetero) is 1. The van der Waals surface area contributed by atoms with Gasteiger partial charge in [-0.3, -0.25) is 4.79 Å². The summed E-state index contributed by atoms with van der Waals surface area (Å²) in [4.78, 5) is 12.8. The zero-order valence-corrected chi connectivity index (χ0v) is 16.4. The SMILES string of the molecule is Cc1cc(OCCn2cc(C(=O)C(C)(C)C)c3ccccc32)ccc1Cl. The van der Waals surface area contributed by atoms with Crippen molar-refractivity contribution in [3.63, 3.8) is 0 Å². The zero-order valence-electron chi connectivity index (χ0n) is 15.7. The normalized spacial score (nSPS) is 11.7. The summed E-state index contributed by atoms with van der Waals surface area (Å²) in [7, 11) is 0.